The molecule has 1 aromatic heterocycles. The summed E-state index contributed by atoms with van der Waals surface area (Å²) in [7, 11) is -3.30. The van der Waals surface area contributed by atoms with Crippen LogP contribution in [0, 0.1) is 19.8 Å². The van der Waals surface area contributed by atoms with Crippen molar-refractivity contribution >= 4 is 37.5 Å². The number of rotatable bonds is 6. The van der Waals surface area contributed by atoms with Gasteiger partial charge >= 0.3 is 0 Å². The van der Waals surface area contributed by atoms with Crippen molar-refractivity contribution in [3.05, 3.63) is 28.1 Å². The van der Waals surface area contributed by atoms with Crippen molar-refractivity contribution in [1.29, 1.82) is 0 Å². The second-order valence-corrected chi connectivity index (χ2v) is 10.5. The molecule has 1 atom stereocenters. The van der Waals surface area contributed by atoms with Crippen LogP contribution in [0.3, 0.4) is 0 Å². The molecular weight excluding hydrogens is 410 g/mol. The quantitative estimate of drug-likeness (QED) is 0.648. The molecule has 0 aliphatic carbocycles. The first-order valence-electron chi connectivity index (χ1n) is 9.92. The number of piperidine rings is 1. The van der Waals surface area contributed by atoms with Crippen LogP contribution in [0.5, 0.6) is 0 Å². The highest BCUT2D eigenvalue weighted by atomic mass is 32.2. The van der Waals surface area contributed by atoms with Gasteiger partial charge in [-0.1, -0.05) is 17.4 Å². The van der Waals surface area contributed by atoms with Gasteiger partial charge < -0.3 is 9.30 Å². The lowest BCUT2D eigenvalue weighted by Gasteiger charge is -2.28. The third kappa shape index (κ3) is 5.14. The smallest absolute Gasteiger partial charge is 0.252 e. The molecule has 1 saturated heterocycles. The summed E-state index contributed by atoms with van der Waals surface area (Å²) in [5, 5.41) is 0. The van der Waals surface area contributed by atoms with E-state index in [1.807, 2.05) is 11.5 Å². The van der Waals surface area contributed by atoms with E-state index in [1.54, 1.807) is 0 Å². The maximum Gasteiger partial charge on any atom is 0.252 e. The first kappa shape index (κ1) is 22.1. The number of ether oxygens (including phenoxy) is 1. The molecule has 1 amide bonds. The summed E-state index contributed by atoms with van der Waals surface area (Å²) in [5.41, 5.74) is 3.37. The van der Waals surface area contributed by atoms with Gasteiger partial charge in [0.25, 0.3) is 5.91 Å². The van der Waals surface area contributed by atoms with E-state index in [4.69, 9.17) is 4.74 Å². The topological polar surface area (TPSA) is 81.0 Å². The largest absolute Gasteiger partial charge is 0.380 e. The number of carbonyl (C=O) groups excluding carboxylic acids is 1. The van der Waals surface area contributed by atoms with Gasteiger partial charge in [-0.25, -0.2) is 12.7 Å². The number of fused-ring (bicyclic) bond motifs is 1. The minimum absolute atomic E-state index is 0.211. The van der Waals surface area contributed by atoms with Gasteiger partial charge in [0.2, 0.25) is 10.0 Å². The van der Waals surface area contributed by atoms with Gasteiger partial charge in [0, 0.05) is 26.2 Å². The summed E-state index contributed by atoms with van der Waals surface area (Å²) in [6, 6.07) is 4.24. The Balaban J connectivity index is 1.98. The van der Waals surface area contributed by atoms with Crippen LogP contribution >= 0.6 is 11.3 Å². The number of amides is 1. The van der Waals surface area contributed by atoms with Gasteiger partial charge in [-0.3, -0.25) is 4.79 Å². The van der Waals surface area contributed by atoms with E-state index in [-0.39, 0.29) is 12.5 Å². The molecule has 0 spiro atoms. The fourth-order valence-electron chi connectivity index (χ4n) is 3.74. The Bertz CT molecular complexity index is 1070. The highest BCUT2D eigenvalue weighted by Gasteiger charge is 2.30. The van der Waals surface area contributed by atoms with Crippen LogP contribution < -0.4 is 4.80 Å². The summed E-state index contributed by atoms with van der Waals surface area (Å²) >= 11 is 1.50. The predicted molar refractivity (Wildman–Crippen MR) is 115 cm³/mol. The lowest BCUT2D eigenvalue weighted by atomic mass is 9.99. The van der Waals surface area contributed by atoms with Crippen molar-refractivity contribution in [1.82, 2.24) is 8.87 Å². The highest BCUT2D eigenvalue weighted by molar-refractivity contribution is 7.88. The van der Waals surface area contributed by atoms with Crippen molar-refractivity contribution in [2.24, 2.45) is 10.9 Å². The van der Waals surface area contributed by atoms with Crippen LogP contribution in [0.15, 0.2) is 17.1 Å². The van der Waals surface area contributed by atoms with Crippen LogP contribution in [0.25, 0.3) is 10.2 Å². The van der Waals surface area contributed by atoms with Crippen molar-refractivity contribution < 1.29 is 17.9 Å². The van der Waals surface area contributed by atoms with E-state index in [0.29, 0.717) is 43.9 Å². The standard InChI is InChI=1S/C20H29N3O4S2/c1-5-27-10-9-23-17-12-14(2)11-15(3)18(17)28-20(23)21-19(24)16-7-6-8-22(13-16)29(4,25)26/h11-12,16H,5-10,13H2,1-4H3. The number of sulfonamides is 1. The Kier molecular flexibility index (Phi) is 6.93. The molecule has 2 aromatic rings. The summed E-state index contributed by atoms with van der Waals surface area (Å²) in [5.74, 6) is -0.642. The maximum atomic E-state index is 12.9. The Morgan fingerprint density at radius 2 is 2.10 bits per heavy atom. The normalized spacial score (nSPS) is 19.2. The van der Waals surface area contributed by atoms with Crippen LogP contribution in [0.4, 0.5) is 0 Å². The SMILES string of the molecule is CCOCCn1c(=NC(=O)C2CCCN(S(C)(=O)=O)C2)sc2c(C)cc(C)cc21. The number of aromatic nitrogens is 1. The van der Waals surface area contributed by atoms with Crippen LogP contribution in [-0.4, -0.2) is 55.8 Å². The Morgan fingerprint density at radius 1 is 1.34 bits per heavy atom. The summed E-state index contributed by atoms with van der Waals surface area (Å²) < 4.78 is 33.8. The summed E-state index contributed by atoms with van der Waals surface area (Å²) in [4.78, 5) is 18.0. The van der Waals surface area contributed by atoms with E-state index in [0.717, 1.165) is 21.3 Å². The molecule has 0 bridgehead atoms. The molecule has 0 N–H and O–H groups in total. The molecule has 160 valence electrons. The molecule has 3 rings (SSSR count). The fourth-order valence-corrected chi connectivity index (χ4v) is 5.77. The molecule has 1 aliphatic heterocycles. The molecule has 1 aliphatic rings. The van der Waals surface area contributed by atoms with E-state index in [2.05, 4.69) is 31.0 Å². The third-order valence-electron chi connectivity index (χ3n) is 5.19. The molecule has 0 radical (unpaired) electrons. The van der Waals surface area contributed by atoms with Crippen molar-refractivity contribution in [3.63, 3.8) is 0 Å². The van der Waals surface area contributed by atoms with E-state index in [1.165, 1.54) is 21.9 Å². The molecule has 1 aromatic carbocycles. The van der Waals surface area contributed by atoms with Gasteiger partial charge in [0.1, 0.15) is 0 Å². The summed E-state index contributed by atoms with van der Waals surface area (Å²) in [6.07, 6.45) is 2.53. The van der Waals surface area contributed by atoms with E-state index < -0.39 is 15.9 Å². The first-order valence-corrected chi connectivity index (χ1v) is 12.6. The molecule has 1 unspecified atom stereocenters. The molecule has 9 heteroatoms. The van der Waals surface area contributed by atoms with Gasteiger partial charge in [-0.05, 0) is 50.8 Å². The average molecular weight is 440 g/mol. The third-order valence-corrected chi connectivity index (χ3v) is 7.69. The second kappa shape index (κ2) is 9.07. The number of hydrogen-bond donors (Lipinski definition) is 0. The van der Waals surface area contributed by atoms with Crippen molar-refractivity contribution in [2.75, 3.05) is 32.6 Å². The Morgan fingerprint density at radius 3 is 2.79 bits per heavy atom. The van der Waals surface area contributed by atoms with E-state index >= 15 is 0 Å². The predicted octanol–water partition coefficient (Wildman–Crippen LogP) is 2.46. The Hall–Kier alpha value is -1.55. The number of hydrogen-bond acceptors (Lipinski definition) is 5. The van der Waals surface area contributed by atoms with Gasteiger partial charge in [-0.2, -0.15) is 4.99 Å². The molecule has 1 fully saturated rings. The maximum absolute atomic E-state index is 12.9. The van der Waals surface area contributed by atoms with Crippen LogP contribution in [0.2, 0.25) is 0 Å². The number of carbonyl (C=O) groups is 1. The molecule has 7 nitrogen and oxygen atoms in total. The van der Waals surface area contributed by atoms with Crippen molar-refractivity contribution in [3.8, 4) is 0 Å². The summed E-state index contributed by atoms with van der Waals surface area (Å²) in [6.45, 7) is 8.55. The molecular formula is C20H29N3O4S2. The zero-order valence-corrected chi connectivity index (χ0v) is 19.1. The van der Waals surface area contributed by atoms with Crippen LogP contribution in [0.1, 0.15) is 30.9 Å². The minimum atomic E-state index is -3.30. The number of benzene rings is 1. The molecule has 2 heterocycles. The number of nitrogens with zero attached hydrogens (tertiary/aromatic N) is 3. The monoisotopic (exact) mass is 439 g/mol. The second-order valence-electron chi connectivity index (χ2n) is 7.57. The Labute approximate surface area is 176 Å². The van der Waals surface area contributed by atoms with Crippen LogP contribution in [-0.2, 0) is 26.1 Å². The minimum Gasteiger partial charge on any atom is -0.380 e. The van der Waals surface area contributed by atoms with Gasteiger partial charge in [0.05, 0.1) is 29.0 Å². The van der Waals surface area contributed by atoms with E-state index in [9.17, 15) is 13.2 Å². The molecule has 0 saturated carbocycles. The number of thiazole rings is 1. The first-order chi connectivity index (χ1) is 13.7. The molecule has 29 heavy (non-hydrogen) atoms. The van der Waals surface area contributed by atoms with Crippen molar-refractivity contribution in [2.45, 2.75) is 40.2 Å². The average Bonchev–Trinajstić information content (AvgIpc) is 2.99. The zero-order valence-electron chi connectivity index (χ0n) is 17.5. The highest BCUT2D eigenvalue weighted by Crippen LogP contribution is 2.24. The lowest BCUT2D eigenvalue weighted by molar-refractivity contribution is -0.122. The van der Waals surface area contributed by atoms with Gasteiger partial charge in [-0.15, -0.1) is 0 Å². The zero-order chi connectivity index (χ0) is 21.2. The van der Waals surface area contributed by atoms with Gasteiger partial charge in [0.15, 0.2) is 4.80 Å². The fraction of sp³-hybridized carbons (Fsp3) is 0.600. The number of aryl methyl sites for hydroxylation is 2. The lowest BCUT2D eigenvalue weighted by Crippen LogP contribution is -2.41.